The van der Waals surface area contributed by atoms with E-state index in [9.17, 15) is 9.59 Å². The standard InChI is InChI=1S/C17H17NO4/c1-3-22-17(20)13-5-4-6-14(11-13)18-16(19)12-7-9-15(21-2)10-8-12/h4-11H,3H2,1-2H3,(H,18,19). The first-order chi connectivity index (χ1) is 10.6. The highest BCUT2D eigenvalue weighted by Crippen LogP contribution is 2.15. The van der Waals surface area contributed by atoms with E-state index in [1.165, 1.54) is 0 Å². The molecule has 1 N–H and O–H groups in total. The molecule has 114 valence electrons. The number of benzene rings is 2. The Morgan fingerprint density at radius 2 is 1.77 bits per heavy atom. The van der Waals surface area contributed by atoms with Gasteiger partial charge in [0, 0.05) is 11.3 Å². The largest absolute Gasteiger partial charge is 0.497 e. The molecule has 0 aromatic heterocycles. The lowest BCUT2D eigenvalue weighted by Gasteiger charge is -2.08. The molecule has 0 bridgehead atoms. The highest BCUT2D eigenvalue weighted by molar-refractivity contribution is 6.04. The average molecular weight is 299 g/mol. The second-order valence-corrected chi connectivity index (χ2v) is 4.48. The van der Waals surface area contributed by atoms with E-state index >= 15 is 0 Å². The van der Waals surface area contributed by atoms with Gasteiger partial charge >= 0.3 is 5.97 Å². The van der Waals surface area contributed by atoms with Gasteiger partial charge in [0.25, 0.3) is 5.91 Å². The molecule has 0 saturated heterocycles. The Bertz CT molecular complexity index is 665. The molecule has 0 aliphatic carbocycles. The number of methoxy groups -OCH3 is 1. The number of nitrogens with one attached hydrogen (secondary N) is 1. The van der Waals surface area contributed by atoms with Crippen molar-refractivity contribution >= 4 is 17.6 Å². The number of anilines is 1. The van der Waals surface area contributed by atoms with Crippen molar-refractivity contribution in [3.8, 4) is 5.75 Å². The first-order valence-corrected chi connectivity index (χ1v) is 6.86. The van der Waals surface area contributed by atoms with Crippen molar-refractivity contribution in [1.82, 2.24) is 0 Å². The summed E-state index contributed by atoms with van der Waals surface area (Å²) < 4.78 is 9.98. The summed E-state index contributed by atoms with van der Waals surface area (Å²) in [6, 6.07) is 13.4. The summed E-state index contributed by atoms with van der Waals surface area (Å²) in [5, 5.41) is 2.75. The molecule has 2 aromatic carbocycles. The summed E-state index contributed by atoms with van der Waals surface area (Å²) in [5.41, 5.74) is 1.43. The van der Waals surface area contributed by atoms with Crippen LogP contribution in [0, 0.1) is 0 Å². The van der Waals surface area contributed by atoms with Crippen molar-refractivity contribution in [2.45, 2.75) is 6.92 Å². The maximum Gasteiger partial charge on any atom is 0.338 e. The molecule has 0 atom stereocenters. The molecule has 0 heterocycles. The van der Waals surface area contributed by atoms with Gasteiger partial charge in [0.2, 0.25) is 0 Å². The van der Waals surface area contributed by atoms with Crippen molar-refractivity contribution in [2.75, 3.05) is 19.0 Å². The quantitative estimate of drug-likeness (QED) is 0.862. The van der Waals surface area contributed by atoms with Crippen LogP contribution in [0.5, 0.6) is 5.75 Å². The first kappa shape index (κ1) is 15.6. The van der Waals surface area contributed by atoms with Crippen LogP contribution >= 0.6 is 0 Å². The molecule has 2 rings (SSSR count). The summed E-state index contributed by atoms with van der Waals surface area (Å²) in [4.78, 5) is 23.8. The lowest BCUT2D eigenvalue weighted by Crippen LogP contribution is -2.12. The van der Waals surface area contributed by atoms with Crippen LogP contribution in [0.25, 0.3) is 0 Å². The molecule has 0 aliphatic rings. The highest BCUT2D eigenvalue weighted by Gasteiger charge is 2.10. The van der Waals surface area contributed by atoms with Gasteiger partial charge in [-0.2, -0.15) is 0 Å². The Labute approximate surface area is 128 Å². The minimum absolute atomic E-state index is 0.260. The van der Waals surface area contributed by atoms with Crippen molar-refractivity contribution in [3.63, 3.8) is 0 Å². The van der Waals surface area contributed by atoms with Gasteiger partial charge in [-0.15, -0.1) is 0 Å². The molecule has 0 aliphatic heterocycles. The van der Waals surface area contributed by atoms with Crippen LogP contribution in [0.1, 0.15) is 27.6 Å². The van der Waals surface area contributed by atoms with E-state index in [4.69, 9.17) is 9.47 Å². The number of ether oxygens (including phenoxy) is 2. The Hall–Kier alpha value is -2.82. The zero-order chi connectivity index (χ0) is 15.9. The third-order valence-electron chi connectivity index (χ3n) is 2.98. The fraction of sp³-hybridized carbons (Fsp3) is 0.176. The maximum atomic E-state index is 12.2. The maximum absolute atomic E-state index is 12.2. The van der Waals surface area contributed by atoms with E-state index in [0.29, 0.717) is 29.2 Å². The SMILES string of the molecule is CCOC(=O)c1cccc(NC(=O)c2ccc(OC)cc2)c1. The van der Waals surface area contributed by atoms with Gasteiger partial charge in [-0.05, 0) is 49.4 Å². The molecular weight excluding hydrogens is 282 g/mol. The van der Waals surface area contributed by atoms with Crippen LogP contribution in [0.15, 0.2) is 48.5 Å². The Kier molecular flexibility index (Phi) is 5.14. The van der Waals surface area contributed by atoms with Crippen LogP contribution in [0.2, 0.25) is 0 Å². The fourth-order valence-electron chi connectivity index (χ4n) is 1.88. The van der Waals surface area contributed by atoms with Crippen molar-refractivity contribution in [1.29, 1.82) is 0 Å². The monoisotopic (exact) mass is 299 g/mol. The molecule has 0 saturated carbocycles. The van der Waals surface area contributed by atoms with E-state index in [0.717, 1.165) is 0 Å². The minimum atomic E-state index is -0.414. The summed E-state index contributed by atoms with van der Waals surface area (Å²) >= 11 is 0. The zero-order valence-corrected chi connectivity index (χ0v) is 12.5. The number of carbonyl (C=O) groups excluding carboxylic acids is 2. The molecule has 22 heavy (non-hydrogen) atoms. The smallest absolute Gasteiger partial charge is 0.338 e. The van der Waals surface area contributed by atoms with E-state index < -0.39 is 5.97 Å². The van der Waals surface area contributed by atoms with Gasteiger partial charge in [-0.3, -0.25) is 4.79 Å². The third-order valence-corrected chi connectivity index (χ3v) is 2.98. The molecule has 0 spiro atoms. The highest BCUT2D eigenvalue weighted by atomic mass is 16.5. The second kappa shape index (κ2) is 7.26. The average Bonchev–Trinajstić information content (AvgIpc) is 2.55. The molecule has 0 radical (unpaired) electrons. The normalized spacial score (nSPS) is 9.91. The molecular formula is C17H17NO4. The lowest BCUT2D eigenvalue weighted by atomic mass is 10.1. The summed E-state index contributed by atoms with van der Waals surface area (Å²) in [6.07, 6.45) is 0. The summed E-state index contributed by atoms with van der Waals surface area (Å²) in [6.45, 7) is 2.05. The Morgan fingerprint density at radius 1 is 1.05 bits per heavy atom. The van der Waals surface area contributed by atoms with Gasteiger partial charge in [0.15, 0.2) is 0 Å². The summed E-state index contributed by atoms with van der Waals surface area (Å²) in [7, 11) is 1.57. The van der Waals surface area contributed by atoms with Crippen LogP contribution in [0.4, 0.5) is 5.69 Å². The predicted octanol–water partition coefficient (Wildman–Crippen LogP) is 3.12. The second-order valence-electron chi connectivity index (χ2n) is 4.48. The van der Waals surface area contributed by atoms with Gasteiger partial charge in [0.1, 0.15) is 5.75 Å². The number of amides is 1. The van der Waals surface area contributed by atoms with E-state index in [1.54, 1.807) is 62.6 Å². The number of esters is 1. The van der Waals surface area contributed by atoms with Crippen molar-refractivity contribution in [2.24, 2.45) is 0 Å². The van der Waals surface area contributed by atoms with Gasteiger partial charge in [0.05, 0.1) is 19.3 Å². The van der Waals surface area contributed by atoms with Crippen LogP contribution < -0.4 is 10.1 Å². The van der Waals surface area contributed by atoms with Crippen LogP contribution in [0.3, 0.4) is 0 Å². The molecule has 1 amide bonds. The topological polar surface area (TPSA) is 64.6 Å². The van der Waals surface area contributed by atoms with Crippen LogP contribution in [-0.2, 0) is 4.74 Å². The van der Waals surface area contributed by atoms with Crippen LogP contribution in [-0.4, -0.2) is 25.6 Å². The third kappa shape index (κ3) is 3.85. The molecule has 5 heteroatoms. The Balaban J connectivity index is 2.10. The van der Waals surface area contributed by atoms with Crippen molar-refractivity contribution in [3.05, 3.63) is 59.7 Å². The van der Waals surface area contributed by atoms with E-state index in [1.807, 2.05) is 0 Å². The molecule has 0 fully saturated rings. The fourth-order valence-corrected chi connectivity index (χ4v) is 1.88. The number of rotatable bonds is 5. The Morgan fingerprint density at radius 3 is 2.41 bits per heavy atom. The van der Waals surface area contributed by atoms with Gasteiger partial charge < -0.3 is 14.8 Å². The molecule has 2 aromatic rings. The van der Waals surface area contributed by atoms with E-state index in [2.05, 4.69) is 5.32 Å². The van der Waals surface area contributed by atoms with Gasteiger partial charge in [-0.1, -0.05) is 6.07 Å². The number of carbonyl (C=O) groups is 2. The van der Waals surface area contributed by atoms with Gasteiger partial charge in [-0.25, -0.2) is 4.79 Å². The molecule has 0 unspecified atom stereocenters. The minimum Gasteiger partial charge on any atom is -0.497 e. The zero-order valence-electron chi connectivity index (χ0n) is 12.5. The lowest BCUT2D eigenvalue weighted by molar-refractivity contribution is 0.0526. The number of hydrogen-bond donors (Lipinski definition) is 1. The molecule has 5 nitrogen and oxygen atoms in total. The first-order valence-electron chi connectivity index (χ1n) is 6.86. The summed E-state index contributed by atoms with van der Waals surface area (Å²) in [5.74, 6) is 0.00701. The van der Waals surface area contributed by atoms with E-state index in [-0.39, 0.29) is 5.91 Å². The predicted molar refractivity (Wildman–Crippen MR) is 83.3 cm³/mol. The number of hydrogen-bond acceptors (Lipinski definition) is 4. The van der Waals surface area contributed by atoms with Crippen molar-refractivity contribution < 1.29 is 19.1 Å².